The molecule has 0 bridgehead atoms. The fourth-order valence-corrected chi connectivity index (χ4v) is 4.19. The molecule has 0 spiro atoms. The molecular formula is C26H22N2O3S. The Morgan fingerprint density at radius 2 is 1.47 bits per heavy atom. The fraction of sp³-hybridized carbons (Fsp3) is 0.115. The van der Waals surface area contributed by atoms with E-state index in [1.807, 2.05) is 60.7 Å². The van der Waals surface area contributed by atoms with Crippen molar-refractivity contribution in [1.29, 1.82) is 0 Å². The summed E-state index contributed by atoms with van der Waals surface area (Å²) in [5.41, 5.74) is 3.38. The van der Waals surface area contributed by atoms with Crippen LogP contribution >= 0.6 is 11.8 Å². The topological polar surface area (TPSA) is 66.5 Å². The van der Waals surface area contributed by atoms with Gasteiger partial charge in [-0.15, -0.1) is 0 Å². The quantitative estimate of drug-likeness (QED) is 0.529. The zero-order valence-electron chi connectivity index (χ0n) is 17.4. The van der Waals surface area contributed by atoms with Crippen LogP contribution in [0.15, 0.2) is 89.8 Å². The summed E-state index contributed by atoms with van der Waals surface area (Å²) in [5, 5.41) is 2.64. The van der Waals surface area contributed by atoms with Crippen molar-refractivity contribution in [3.8, 4) is 0 Å². The van der Waals surface area contributed by atoms with E-state index in [0.717, 1.165) is 29.3 Å². The van der Waals surface area contributed by atoms with Crippen molar-refractivity contribution in [2.75, 3.05) is 6.54 Å². The minimum absolute atomic E-state index is 0.143. The number of nitrogens with one attached hydrogen (secondary N) is 1. The van der Waals surface area contributed by atoms with Crippen LogP contribution in [-0.2, 0) is 17.8 Å². The van der Waals surface area contributed by atoms with Gasteiger partial charge in [-0.05, 0) is 53.1 Å². The number of rotatable bonds is 7. The molecule has 1 aliphatic rings. The van der Waals surface area contributed by atoms with Gasteiger partial charge in [0.2, 0.25) is 0 Å². The van der Waals surface area contributed by atoms with E-state index in [1.165, 1.54) is 10.5 Å². The van der Waals surface area contributed by atoms with E-state index in [1.54, 1.807) is 30.3 Å². The van der Waals surface area contributed by atoms with Gasteiger partial charge in [0.05, 0.1) is 11.4 Å². The Labute approximate surface area is 191 Å². The second-order valence-corrected chi connectivity index (χ2v) is 8.36. The summed E-state index contributed by atoms with van der Waals surface area (Å²) in [5.74, 6) is -0.442. The molecule has 5 nitrogen and oxygen atoms in total. The van der Waals surface area contributed by atoms with Gasteiger partial charge in [0, 0.05) is 12.1 Å². The predicted octanol–water partition coefficient (Wildman–Crippen LogP) is 4.90. The largest absolute Gasteiger partial charge is 0.352 e. The molecule has 0 unspecified atom stereocenters. The highest BCUT2D eigenvalue weighted by Gasteiger charge is 2.34. The molecule has 3 amide bonds. The number of hydrogen-bond acceptors (Lipinski definition) is 4. The summed E-state index contributed by atoms with van der Waals surface area (Å²) in [7, 11) is 0. The SMILES string of the molecule is O=C(NCCc1ccccc1)c1ccc(/C=C2\SC(=O)N(Cc3ccccc3)C2=O)cc1. The molecule has 0 aliphatic carbocycles. The van der Waals surface area contributed by atoms with Crippen molar-refractivity contribution in [1.82, 2.24) is 10.2 Å². The van der Waals surface area contributed by atoms with E-state index in [4.69, 9.17) is 0 Å². The lowest BCUT2D eigenvalue weighted by atomic mass is 10.1. The zero-order valence-corrected chi connectivity index (χ0v) is 18.2. The number of carbonyl (C=O) groups is 3. The summed E-state index contributed by atoms with van der Waals surface area (Å²) < 4.78 is 0. The van der Waals surface area contributed by atoms with Crippen LogP contribution in [-0.4, -0.2) is 28.5 Å². The average Bonchev–Trinajstić information content (AvgIpc) is 3.08. The van der Waals surface area contributed by atoms with Gasteiger partial charge in [0.25, 0.3) is 17.1 Å². The molecule has 1 saturated heterocycles. The van der Waals surface area contributed by atoms with Crippen LogP contribution in [0.5, 0.6) is 0 Å². The lowest BCUT2D eigenvalue weighted by molar-refractivity contribution is -0.123. The number of hydrogen-bond donors (Lipinski definition) is 1. The summed E-state index contributed by atoms with van der Waals surface area (Å²) in [4.78, 5) is 39.0. The van der Waals surface area contributed by atoms with Crippen molar-refractivity contribution in [2.45, 2.75) is 13.0 Å². The van der Waals surface area contributed by atoms with E-state index in [2.05, 4.69) is 5.32 Å². The lowest BCUT2D eigenvalue weighted by Gasteiger charge is -2.12. The number of nitrogens with zero attached hydrogens (tertiary/aromatic N) is 1. The highest BCUT2D eigenvalue weighted by molar-refractivity contribution is 8.18. The Bertz CT molecular complexity index is 1140. The third kappa shape index (κ3) is 5.34. The number of carbonyl (C=O) groups excluding carboxylic acids is 3. The Balaban J connectivity index is 1.35. The molecule has 160 valence electrons. The van der Waals surface area contributed by atoms with E-state index in [9.17, 15) is 14.4 Å². The minimum Gasteiger partial charge on any atom is -0.352 e. The van der Waals surface area contributed by atoms with Crippen LogP contribution in [0.25, 0.3) is 6.08 Å². The Morgan fingerprint density at radius 3 is 2.12 bits per heavy atom. The number of imide groups is 1. The molecule has 3 aromatic carbocycles. The molecule has 1 N–H and O–H groups in total. The summed E-state index contributed by atoms with van der Waals surface area (Å²) in [6, 6.07) is 26.4. The van der Waals surface area contributed by atoms with Crippen LogP contribution in [0, 0.1) is 0 Å². The molecule has 0 aromatic heterocycles. The predicted molar refractivity (Wildman–Crippen MR) is 127 cm³/mol. The van der Waals surface area contributed by atoms with E-state index in [0.29, 0.717) is 17.0 Å². The van der Waals surface area contributed by atoms with Gasteiger partial charge in [-0.3, -0.25) is 19.3 Å². The molecule has 1 fully saturated rings. The fourth-order valence-electron chi connectivity index (χ4n) is 3.35. The lowest BCUT2D eigenvalue weighted by Crippen LogP contribution is -2.27. The number of amides is 3. The second-order valence-electron chi connectivity index (χ2n) is 7.37. The molecular weight excluding hydrogens is 420 g/mol. The van der Waals surface area contributed by atoms with E-state index in [-0.39, 0.29) is 23.6 Å². The first-order chi connectivity index (χ1) is 15.6. The molecule has 6 heteroatoms. The molecule has 1 heterocycles. The maximum absolute atomic E-state index is 12.7. The average molecular weight is 443 g/mol. The maximum Gasteiger partial charge on any atom is 0.293 e. The second kappa shape index (κ2) is 10.1. The molecule has 32 heavy (non-hydrogen) atoms. The van der Waals surface area contributed by atoms with Crippen molar-refractivity contribution >= 4 is 34.9 Å². The monoisotopic (exact) mass is 442 g/mol. The highest BCUT2D eigenvalue weighted by atomic mass is 32.2. The van der Waals surface area contributed by atoms with Crippen LogP contribution in [0.2, 0.25) is 0 Å². The van der Waals surface area contributed by atoms with Crippen molar-refractivity contribution in [2.24, 2.45) is 0 Å². The molecule has 3 aromatic rings. The highest BCUT2D eigenvalue weighted by Crippen LogP contribution is 2.33. The van der Waals surface area contributed by atoms with E-state index >= 15 is 0 Å². The number of benzene rings is 3. The van der Waals surface area contributed by atoms with Gasteiger partial charge < -0.3 is 5.32 Å². The van der Waals surface area contributed by atoms with Crippen LogP contribution in [0.3, 0.4) is 0 Å². The van der Waals surface area contributed by atoms with Gasteiger partial charge in [0.1, 0.15) is 0 Å². The number of thioether (sulfide) groups is 1. The van der Waals surface area contributed by atoms with Gasteiger partial charge in [-0.25, -0.2) is 0 Å². The molecule has 0 radical (unpaired) electrons. The van der Waals surface area contributed by atoms with Gasteiger partial charge >= 0.3 is 0 Å². The zero-order chi connectivity index (χ0) is 22.3. The van der Waals surface area contributed by atoms with Crippen molar-refractivity contribution in [3.63, 3.8) is 0 Å². The summed E-state index contributed by atoms with van der Waals surface area (Å²) in [6.07, 6.45) is 2.45. The van der Waals surface area contributed by atoms with Gasteiger partial charge in [-0.1, -0.05) is 72.8 Å². The molecule has 4 rings (SSSR count). The van der Waals surface area contributed by atoms with Crippen LogP contribution in [0.4, 0.5) is 4.79 Å². The minimum atomic E-state index is -0.299. The van der Waals surface area contributed by atoms with Crippen molar-refractivity contribution in [3.05, 3.63) is 112 Å². The first kappa shape index (κ1) is 21.6. The van der Waals surface area contributed by atoms with Crippen molar-refractivity contribution < 1.29 is 14.4 Å². The van der Waals surface area contributed by atoms with Gasteiger partial charge in [0.15, 0.2) is 0 Å². The van der Waals surface area contributed by atoms with Crippen LogP contribution in [0.1, 0.15) is 27.0 Å². The summed E-state index contributed by atoms with van der Waals surface area (Å²) in [6.45, 7) is 0.810. The first-order valence-corrected chi connectivity index (χ1v) is 11.1. The van der Waals surface area contributed by atoms with Crippen LogP contribution < -0.4 is 5.32 Å². The smallest absolute Gasteiger partial charge is 0.293 e. The third-order valence-electron chi connectivity index (χ3n) is 5.07. The van der Waals surface area contributed by atoms with Gasteiger partial charge in [-0.2, -0.15) is 0 Å². The molecule has 0 saturated carbocycles. The first-order valence-electron chi connectivity index (χ1n) is 10.3. The Kier molecular flexibility index (Phi) is 6.82. The molecule has 0 atom stereocenters. The maximum atomic E-state index is 12.7. The summed E-state index contributed by atoms with van der Waals surface area (Å²) >= 11 is 0.935. The molecule has 1 aliphatic heterocycles. The Morgan fingerprint density at radius 1 is 0.844 bits per heavy atom. The van der Waals surface area contributed by atoms with E-state index < -0.39 is 0 Å². The Hall–Kier alpha value is -3.64. The standard InChI is InChI=1S/C26H22N2O3S/c29-24(27-16-15-19-7-3-1-4-8-19)22-13-11-20(12-14-22)17-23-25(30)28(26(31)32-23)18-21-9-5-2-6-10-21/h1-14,17H,15-16,18H2,(H,27,29)/b23-17-. The third-order valence-corrected chi connectivity index (χ3v) is 5.98. The normalized spacial score (nSPS) is 14.8.